The van der Waals surface area contributed by atoms with Gasteiger partial charge >= 0.3 is 0 Å². The Kier molecular flexibility index (Phi) is 3.07. The SMILES string of the molecule is C=CCCC(C)(O)c1cc2cc(C)ccc2o1. The van der Waals surface area contributed by atoms with E-state index in [9.17, 15) is 5.11 Å². The topological polar surface area (TPSA) is 33.4 Å². The Hall–Kier alpha value is -1.54. The molecule has 2 aromatic rings. The molecular formula is C15H18O2. The molecule has 1 unspecified atom stereocenters. The van der Waals surface area contributed by atoms with Gasteiger partial charge in [-0.1, -0.05) is 17.7 Å². The van der Waals surface area contributed by atoms with Crippen LogP contribution in [0, 0.1) is 6.92 Å². The molecule has 0 spiro atoms. The number of rotatable bonds is 4. The zero-order valence-electron chi connectivity index (χ0n) is 10.4. The third kappa shape index (κ3) is 2.42. The summed E-state index contributed by atoms with van der Waals surface area (Å²) in [6, 6.07) is 7.93. The van der Waals surface area contributed by atoms with Crippen LogP contribution in [0.2, 0.25) is 0 Å². The van der Waals surface area contributed by atoms with Crippen molar-refractivity contribution in [1.29, 1.82) is 0 Å². The van der Waals surface area contributed by atoms with E-state index in [0.29, 0.717) is 12.2 Å². The van der Waals surface area contributed by atoms with E-state index < -0.39 is 5.60 Å². The van der Waals surface area contributed by atoms with Crippen molar-refractivity contribution in [3.8, 4) is 0 Å². The van der Waals surface area contributed by atoms with Crippen molar-refractivity contribution in [2.75, 3.05) is 0 Å². The first-order valence-electron chi connectivity index (χ1n) is 5.87. The maximum atomic E-state index is 10.3. The molecule has 0 bridgehead atoms. The maximum absolute atomic E-state index is 10.3. The van der Waals surface area contributed by atoms with Crippen LogP contribution in [-0.4, -0.2) is 5.11 Å². The smallest absolute Gasteiger partial charge is 0.136 e. The van der Waals surface area contributed by atoms with Crippen molar-refractivity contribution < 1.29 is 9.52 Å². The molecule has 0 saturated carbocycles. The highest BCUT2D eigenvalue weighted by Crippen LogP contribution is 2.31. The molecule has 0 saturated heterocycles. The summed E-state index contributed by atoms with van der Waals surface area (Å²) in [7, 11) is 0. The largest absolute Gasteiger partial charge is 0.458 e. The van der Waals surface area contributed by atoms with Crippen LogP contribution >= 0.6 is 0 Å². The number of benzene rings is 1. The molecule has 1 aromatic heterocycles. The summed E-state index contributed by atoms with van der Waals surface area (Å²) in [5.41, 5.74) is 1.08. The second-order valence-corrected chi connectivity index (χ2v) is 4.75. The van der Waals surface area contributed by atoms with Crippen LogP contribution in [-0.2, 0) is 5.60 Å². The van der Waals surface area contributed by atoms with Crippen LogP contribution in [0.15, 0.2) is 41.3 Å². The van der Waals surface area contributed by atoms with E-state index in [-0.39, 0.29) is 0 Å². The fourth-order valence-electron chi connectivity index (χ4n) is 1.93. The third-order valence-corrected chi connectivity index (χ3v) is 3.04. The molecule has 2 nitrogen and oxygen atoms in total. The van der Waals surface area contributed by atoms with Gasteiger partial charge in [0.25, 0.3) is 0 Å². The second-order valence-electron chi connectivity index (χ2n) is 4.75. The number of aryl methyl sites for hydroxylation is 1. The molecule has 2 heteroatoms. The molecule has 17 heavy (non-hydrogen) atoms. The summed E-state index contributed by atoms with van der Waals surface area (Å²) in [4.78, 5) is 0. The van der Waals surface area contributed by atoms with E-state index in [0.717, 1.165) is 17.4 Å². The van der Waals surface area contributed by atoms with Crippen LogP contribution in [0.1, 0.15) is 31.1 Å². The van der Waals surface area contributed by atoms with E-state index in [1.165, 1.54) is 5.56 Å². The van der Waals surface area contributed by atoms with Gasteiger partial charge in [-0.3, -0.25) is 0 Å². The highest BCUT2D eigenvalue weighted by molar-refractivity contribution is 5.78. The minimum absolute atomic E-state index is 0.620. The molecule has 2 rings (SSSR count). The Morgan fingerprint density at radius 1 is 1.41 bits per heavy atom. The number of allylic oxidation sites excluding steroid dienone is 1. The Morgan fingerprint density at radius 2 is 2.18 bits per heavy atom. The molecule has 90 valence electrons. The molecule has 0 aliphatic carbocycles. The molecule has 1 N–H and O–H groups in total. The summed E-state index contributed by atoms with van der Waals surface area (Å²) in [5, 5.41) is 11.4. The van der Waals surface area contributed by atoms with Gasteiger partial charge in [0, 0.05) is 5.39 Å². The number of hydrogen-bond donors (Lipinski definition) is 1. The monoisotopic (exact) mass is 230 g/mol. The van der Waals surface area contributed by atoms with E-state index >= 15 is 0 Å². The van der Waals surface area contributed by atoms with E-state index in [1.807, 2.05) is 25.1 Å². The molecule has 1 heterocycles. The lowest BCUT2D eigenvalue weighted by Gasteiger charge is -2.19. The van der Waals surface area contributed by atoms with Gasteiger partial charge < -0.3 is 9.52 Å². The third-order valence-electron chi connectivity index (χ3n) is 3.04. The Morgan fingerprint density at radius 3 is 2.88 bits per heavy atom. The summed E-state index contributed by atoms with van der Waals surface area (Å²) in [5.74, 6) is 0.625. The van der Waals surface area contributed by atoms with Crippen molar-refractivity contribution in [3.63, 3.8) is 0 Å². The molecule has 0 fully saturated rings. The number of furan rings is 1. The fourth-order valence-corrected chi connectivity index (χ4v) is 1.93. The first-order chi connectivity index (χ1) is 8.03. The van der Waals surface area contributed by atoms with Crippen LogP contribution in [0.5, 0.6) is 0 Å². The highest BCUT2D eigenvalue weighted by Gasteiger charge is 2.26. The zero-order valence-corrected chi connectivity index (χ0v) is 10.4. The molecule has 0 aliphatic rings. The normalized spacial score (nSPS) is 14.8. The zero-order chi connectivity index (χ0) is 12.5. The predicted molar refractivity (Wildman–Crippen MR) is 70.0 cm³/mol. The maximum Gasteiger partial charge on any atom is 0.136 e. The number of fused-ring (bicyclic) bond motifs is 1. The van der Waals surface area contributed by atoms with E-state index in [2.05, 4.69) is 12.6 Å². The average molecular weight is 230 g/mol. The van der Waals surface area contributed by atoms with Crippen molar-refractivity contribution in [1.82, 2.24) is 0 Å². The van der Waals surface area contributed by atoms with Gasteiger partial charge in [-0.15, -0.1) is 6.58 Å². The molecular weight excluding hydrogens is 212 g/mol. The number of aliphatic hydroxyl groups is 1. The van der Waals surface area contributed by atoms with E-state index in [4.69, 9.17) is 4.42 Å². The van der Waals surface area contributed by atoms with Gasteiger partial charge in [0.05, 0.1) is 0 Å². The predicted octanol–water partition coefficient (Wildman–Crippen LogP) is 3.91. The summed E-state index contributed by atoms with van der Waals surface area (Å²) < 4.78 is 5.70. The Balaban J connectivity index is 2.38. The van der Waals surface area contributed by atoms with Crippen molar-refractivity contribution in [2.45, 2.75) is 32.3 Å². The molecule has 0 aliphatic heterocycles. The molecule has 0 radical (unpaired) electrons. The van der Waals surface area contributed by atoms with Crippen molar-refractivity contribution in [2.24, 2.45) is 0 Å². The quantitative estimate of drug-likeness (QED) is 0.808. The van der Waals surface area contributed by atoms with Crippen LogP contribution in [0.25, 0.3) is 11.0 Å². The Labute approximate surface area is 102 Å². The van der Waals surface area contributed by atoms with Gasteiger partial charge in [0.2, 0.25) is 0 Å². The van der Waals surface area contributed by atoms with Gasteiger partial charge in [0.15, 0.2) is 0 Å². The van der Waals surface area contributed by atoms with Crippen LogP contribution < -0.4 is 0 Å². The second kappa shape index (κ2) is 4.38. The Bertz CT molecular complexity index is 535. The van der Waals surface area contributed by atoms with Crippen molar-refractivity contribution >= 4 is 11.0 Å². The lowest BCUT2D eigenvalue weighted by molar-refractivity contribution is 0.0278. The van der Waals surface area contributed by atoms with E-state index in [1.54, 1.807) is 13.0 Å². The first-order valence-corrected chi connectivity index (χ1v) is 5.87. The average Bonchev–Trinajstić information content (AvgIpc) is 2.70. The fraction of sp³-hybridized carbons (Fsp3) is 0.333. The summed E-state index contributed by atoms with van der Waals surface area (Å²) in [6.07, 6.45) is 3.19. The van der Waals surface area contributed by atoms with Crippen LogP contribution in [0.4, 0.5) is 0 Å². The minimum atomic E-state index is -0.929. The van der Waals surface area contributed by atoms with Crippen LogP contribution in [0.3, 0.4) is 0 Å². The van der Waals surface area contributed by atoms with Crippen molar-refractivity contribution in [3.05, 3.63) is 48.2 Å². The molecule has 1 atom stereocenters. The lowest BCUT2D eigenvalue weighted by atomic mass is 9.97. The molecule has 0 amide bonds. The summed E-state index contributed by atoms with van der Waals surface area (Å²) in [6.45, 7) is 7.49. The molecule has 1 aromatic carbocycles. The van der Waals surface area contributed by atoms with Gasteiger partial charge in [-0.2, -0.15) is 0 Å². The highest BCUT2D eigenvalue weighted by atomic mass is 16.4. The lowest BCUT2D eigenvalue weighted by Crippen LogP contribution is -2.19. The van der Waals surface area contributed by atoms with Gasteiger partial charge in [-0.05, 0) is 44.9 Å². The number of hydrogen-bond acceptors (Lipinski definition) is 2. The van der Waals surface area contributed by atoms with Gasteiger partial charge in [0.1, 0.15) is 16.9 Å². The van der Waals surface area contributed by atoms with Gasteiger partial charge in [-0.25, -0.2) is 0 Å². The standard InChI is InChI=1S/C15H18O2/c1-4-5-8-15(3,16)14-10-12-9-11(2)6-7-13(12)17-14/h4,6-7,9-10,16H,1,5,8H2,2-3H3. The minimum Gasteiger partial charge on any atom is -0.458 e. The summed E-state index contributed by atoms with van der Waals surface area (Å²) >= 11 is 0. The first kappa shape index (κ1) is 11.9.